The minimum Gasteiger partial charge on any atom is -0.334 e. The summed E-state index contributed by atoms with van der Waals surface area (Å²) < 4.78 is 2.38. The van der Waals surface area contributed by atoms with Gasteiger partial charge in [-0.05, 0) is 25.7 Å². The van der Waals surface area contributed by atoms with Crippen LogP contribution in [0.4, 0.5) is 0 Å². The molecule has 2 heteroatoms. The van der Waals surface area contributed by atoms with Gasteiger partial charge in [0.05, 0.1) is 5.69 Å². The van der Waals surface area contributed by atoms with Gasteiger partial charge < -0.3 is 4.57 Å². The van der Waals surface area contributed by atoms with Crippen molar-refractivity contribution in [1.29, 1.82) is 0 Å². The van der Waals surface area contributed by atoms with Crippen molar-refractivity contribution in [1.82, 2.24) is 9.55 Å². The van der Waals surface area contributed by atoms with Crippen molar-refractivity contribution in [2.24, 2.45) is 0 Å². The first kappa shape index (κ1) is 7.60. The van der Waals surface area contributed by atoms with Crippen LogP contribution in [-0.4, -0.2) is 9.55 Å². The van der Waals surface area contributed by atoms with Crippen LogP contribution in [0.1, 0.15) is 56.0 Å². The molecule has 1 aromatic rings. The standard InChI is InChI=1S/C11H16N2/c1-8-3-2-6-13-7-10(9-4-5-9)12-11(8)13/h7-9H,2-6H2,1H3/t8-/m0/s1. The van der Waals surface area contributed by atoms with Crippen LogP contribution >= 0.6 is 0 Å². The molecule has 1 aromatic heterocycles. The molecule has 0 aromatic carbocycles. The third-order valence-electron chi connectivity index (χ3n) is 3.30. The molecular weight excluding hydrogens is 160 g/mol. The van der Waals surface area contributed by atoms with E-state index < -0.39 is 0 Å². The Labute approximate surface area is 79.0 Å². The van der Waals surface area contributed by atoms with E-state index in [1.807, 2.05) is 0 Å². The second-order valence-corrected chi connectivity index (χ2v) is 4.53. The zero-order chi connectivity index (χ0) is 8.84. The number of rotatable bonds is 1. The number of imidazole rings is 1. The first-order chi connectivity index (χ1) is 6.34. The summed E-state index contributed by atoms with van der Waals surface area (Å²) >= 11 is 0. The van der Waals surface area contributed by atoms with Gasteiger partial charge in [0.1, 0.15) is 5.82 Å². The smallest absolute Gasteiger partial charge is 0.111 e. The molecule has 0 amide bonds. The van der Waals surface area contributed by atoms with Crippen molar-refractivity contribution in [2.45, 2.75) is 51.0 Å². The van der Waals surface area contributed by atoms with Crippen molar-refractivity contribution < 1.29 is 0 Å². The molecule has 1 fully saturated rings. The van der Waals surface area contributed by atoms with Crippen LogP contribution < -0.4 is 0 Å². The second-order valence-electron chi connectivity index (χ2n) is 4.53. The summed E-state index contributed by atoms with van der Waals surface area (Å²) in [6, 6.07) is 0. The highest BCUT2D eigenvalue weighted by Gasteiger charge is 2.28. The molecule has 1 saturated carbocycles. The van der Waals surface area contributed by atoms with Crippen LogP contribution in [0.2, 0.25) is 0 Å². The molecule has 2 nitrogen and oxygen atoms in total. The summed E-state index contributed by atoms with van der Waals surface area (Å²) in [4.78, 5) is 4.76. The van der Waals surface area contributed by atoms with Crippen LogP contribution in [-0.2, 0) is 6.54 Å². The third-order valence-corrected chi connectivity index (χ3v) is 3.30. The fraction of sp³-hybridized carbons (Fsp3) is 0.727. The number of hydrogen-bond donors (Lipinski definition) is 0. The Bertz CT molecular complexity index is 323. The Balaban J connectivity index is 1.99. The van der Waals surface area contributed by atoms with Gasteiger partial charge in [0, 0.05) is 24.6 Å². The fourth-order valence-electron chi connectivity index (χ4n) is 2.30. The number of hydrogen-bond acceptors (Lipinski definition) is 1. The summed E-state index contributed by atoms with van der Waals surface area (Å²) in [5, 5.41) is 0. The lowest BCUT2D eigenvalue weighted by atomic mass is 10.0. The highest BCUT2D eigenvalue weighted by atomic mass is 15.1. The molecule has 70 valence electrons. The van der Waals surface area contributed by atoms with Crippen molar-refractivity contribution in [3.05, 3.63) is 17.7 Å². The average Bonchev–Trinajstić information content (AvgIpc) is 2.87. The number of aromatic nitrogens is 2. The maximum atomic E-state index is 4.76. The lowest BCUT2D eigenvalue weighted by molar-refractivity contribution is 0.463. The van der Waals surface area contributed by atoms with E-state index in [-0.39, 0.29) is 0 Å². The van der Waals surface area contributed by atoms with E-state index in [2.05, 4.69) is 17.7 Å². The van der Waals surface area contributed by atoms with E-state index in [0.29, 0.717) is 5.92 Å². The molecule has 2 heterocycles. The van der Waals surface area contributed by atoms with E-state index in [1.165, 1.54) is 43.7 Å². The summed E-state index contributed by atoms with van der Waals surface area (Å²) in [6.45, 7) is 3.49. The lowest BCUT2D eigenvalue weighted by Crippen LogP contribution is -2.12. The minimum absolute atomic E-state index is 0.682. The zero-order valence-electron chi connectivity index (χ0n) is 8.16. The Hall–Kier alpha value is -0.790. The molecule has 3 rings (SSSR count). The summed E-state index contributed by atoms with van der Waals surface area (Å²) in [6.07, 6.45) is 7.67. The first-order valence-corrected chi connectivity index (χ1v) is 5.41. The van der Waals surface area contributed by atoms with Gasteiger partial charge in [0.25, 0.3) is 0 Å². The second kappa shape index (κ2) is 2.60. The molecule has 0 N–H and O–H groups in total. The Morgan fingerprint density at radius 3 is 2.92 bits per heavy atom. The molecular formula is C11H16N2. The highest BCUT2D eigenvalue weighted by molar-refractivity contribution is 5.17. The summed E-state index contributed by atoms with van der Waals surface area (Å²) in [7, 11) is 0. The molecule has 1 aliphatic carbocycles. The van der Waals surface area contributed by atoms with Gasteiger partial charge in [-0.2, -0.15) is 0 Å². The van der Waals surface area contributed by atoms with Crippen molar-refractivity contribution in [3.63, 3.8) is 0 Å². The first-order valence-electron chi connectivity index (χ1n) is 5.41. The van der Waals surface area contributed by atoms with Gasteiger partial charge in [0.15, 0.2) is 0 Å². The van der Waals surface area contributed by atoms with E-state index >= 15 is 0 Å². The monoisotopic (exact) mass is 176 g/mol. The Kier molecular flexibility index (Phi) is 1.52. The highest BCUT2D eigenvalue weighted by Crippen LogP contribution is 2.40. The largest absolute Gasteiger partial charge is 0.334 e. The molecule has 1 atom stereocenters. The summed E-state index contributed by atoms with van der Waals surface area (Å²) in [5.41, 5.74) is 1.36. The normalized spacial score (nSPS) is 27.3. The van der Waals surface area contributed by atoms with Gasteiger partial charge >= 0.3 is 0 Å². The average molecular weight is 176 g/mol. The molecule has 0 bridgehead atoms. The number of aryl methyl sites for hydroxylation is 1. The van der Waals surface area contributed by atoms with E-state index in [9.17, 15) is 0 Å². The molecule has 0 saturated heterocycles. The van der Waals surface area contributed by atoms with Gasteiger partial charge in [-0.3, -0.25) is 0 Å². The molecule has 2 aliphatic rings. The predicted octanol–water partition coefficient (Wildman–Crippen LogP) is 2.66. The summed E-state index contributed by atoms with van der Waals surface area (Å²) in [5.74, 6) is 2.83. The third kappa shape index (κ3) is 1.19. The molecule has 13 heavy (non-hydrogen) atoms. The van der Waals surface area contributed by atoms with Gasteiger partial charge in [-0.25, -0.2) is 4.98 Å². The topological polar surface area (TPSA) is 17.8 Å². The molecule has 1 aliphatic heterocycles. The van der Waals surface area contributed by atoms with Crippen LogP contribution in [0.25, 0.3) is 0 Å². The van der Waals surface area contributed by atoms with E-state index in [4.69, 9.17) is 4.98 Å². The van der Waals surface area contributed by atoms with Crippen LogP contribution in [0, 0.1) is 0 Å². The van der Waals surface area contributed by atoms with Gasteiger partial charge in [-0.1, -0.05) is 6.92 Å². The quantitative estimate of drug-likeness (QED) is 0.643. The Morgan fingerprint density at radius 2 is 2.23 bits per heavy atom. The van der Waals surface area contributed by atoms with Crippen LogP contribution in [0.15, 0.2) is 6.20 Å². The molecule has 0 radical (unpaired) electrons. The van der Waals surface area contributed by atoms with Crippen molar-refractivity contribution in [3.8, 4) is 0 Å². The maximum Gasteiger partial charge on any atom is 0.111 e. The number of fused-ring (bicyclic) bond motifs is 1. The van der Waals surface area contributed by atoms with Crippen molar-refractivity contribution >= 4 is 0 Å². The lowest BCUT2D eigenvalue weighted by Gasteiger charge is -2.19. The molecule has 0 spiro atoms. The zero-order valence-corrected chi connectivity index (χ0v) is 8.16. The van der Waals surface area contributed by atoms with Crippen molar-refractivity contribution in [2.75, 3.05) is 0 Å². The number of nitrogens with zero attached hydrogens (tertiary/aromatic N) is 2. The molecule has 0 unspecified atom stereocenters. The van der Waals surface area contributed by atoms with Gasteiger partial charge in [0.2, 0.25) is 0 Å². The maximum absolute atomic E-state index is 4.76. The van der Waals surface area contributed by atoms with Crippen LogP contribution in [0.3, 0.4) is 0 Å². The Morgan fingerprint density at radius 1 is 1.38 bits per heavy atom. The van der Waals surface area contributed by atoms with Crippen LogP contribution in [0.5, 0.6) is 0 Å². The minimum atomic E-state index is 0.682. The van der Waals surface area contributed by atoms with E-state index in [1.54, 1.807) is 0 Å². The van der Waals surface area contributed by atoms with Gasteiger partial charge in [-0.15, -0.1) is 0 Å². The predicted molar refractivity (Wildman–Crippen MR) is 51.9 cm³/mol. The SMILES string of the molecule is C[C@H]1CCCn2cc(C3CC3)nc21. The fourth-order valence-corrected chi connectivity index (χ4v) is 2.30. The van der Waals surface area contributed by atoms with E-state index in [0.717, 1.165) is 5.92 Å².